The van der Waals surface area contributed by atoms with E-state index in [-0.39, 0.29) is 24.8 Å². The summed E-state index contributed by atoms with van der Waals surface area (Å²) in [6.45, 7) is 0.269. The molecule has 0 aromatic heterocycles. The third kappa shape index (κ3) is 2.42. The largest absolute Gasteiger partial charge is 0.497 e. The van der Waals surface area contributed by atoms with Crippen molar-refractivity contribution in [2.24, 2.45) is 0 Å². The van der Waals surface area contributed by atoms with E-state index in [0.29, 0.717) is 0 Å². The quantitative estimate of drug-likeness (QED) is 0.607. The highest BCUT2D eigenvalue weighted by Gasteiger charge is 2.36. The maximum absolute atomic E-state index is 11.6. The van der Waals surface area contributed by atoms with Crippen molar-refractivity contribution in [2.75, 3.05) is 7.11 Å². The number of hydrogen-bond donors (Lipinski definition) is 0. The van der Waals surface area contributed by atoms with Crippen LogP contribution in [0.3, 0.4) is 0 Å². The molecule has 4 nitrogen and oxygen atoms in total. The Bertz CT molecular complexity index is 444. The van der Waals surface area contributed by atoms with Gasteiger partial charge in [0.25, 0.3) is 0 Å². The molecule has 1 saturated heterocycles. The average Bonchev–Trinajstić information content (AvgIpc) is 2.57. The fourth-order valence-corrected chi connectivity index (χ4v) is 1.97. The lowest BCUT2D eigenvalue weighted by atomic mass is 10.2. The van der Waals surface area contributed by atoms with Crippen molar-refractivity contribution >= 4 is 23.4 Å². The summed E-state index contributed by atoms with van der Waals surface area (Å²) < 4.78 is 5.03. The first kappa shape index (κ1) is 11.9. The molecule has 0 aliphatic carbocycles. The van der Waals surface area contributed by atoms with Crippen molar-refractivity contribution in [3.63, 3.8) is 0 Å². The average molecular weight is 254 g/mol. The Hall–Kier alpha value is -1.55. The number of imide groups is 1. The first-order valence-electron chi connectivity index (χ1n) is 5.23. The topological polar surface area (TPSA) is 46.6 Å². The minimum Gasteiger partial charge on any atom is -0.497 e. The number of nitrogens with zero attached hydrogens (tertiary/aromatic N) is 1. The van der Waals surface area contributed by atoms with Crippen molar-refractivity contribution in [2.45, 2.75) is 18.3 Å². The third-order valence-corrected chi connectivity index (χ3v) is 3.03. The summed E-state index contributed by atoms with van der Waals surface area (Å²) in [6.07, 6.45) is 0.0938. The molecule has 2 rings (SSSR count). The summed E-state index contributed by atoms with van der Waals surface area (Å²) in [5.41, 5.74) is 0.873. The molecule has 1 fully saturated rings. The molecule has 1 aliphatic rings. The van der Waals surface area contributed by atoms with Crippen molar-refractivity contribution in [1.82, 2.24) is 4.90 Å². The Labute approximate surface area is 104 Å². The summed E-state index contributed by atoms with van der Waals surface area (Å²) in [7, 11) is 1.58. The number of methoxy groups -OCH3 is 1. The summed E-state index contributed by atoms with van der Waals surface area (Å²) >= 11 is 5.73. The van der Waals surface area contributed by atoms with Crippen molar-refractivity contribution in [1.29, 1.82) is 0 Å². The second kappa shape index (κ2) is 4.75. The zero-order valence-electron chi connectivity index (χ0n) is 9.35. The van der Waals surface area contributed by atoms with E-state index in [0.717, 1.165) is 11.3 Å². The van der Waals surface area contributed by atoms with Gasteiger partial charge >= 0.3 is 0 Å². The molecule has 1 aromatic carbocycles. The van der Waals surface area contributed by atoms with E-state index in [1.807, 2.05) is 12.1 Å². The lowest BCUT2D eigenvalue weighted by molar-refractivity contribution is -0.138. The Kier molecular flexibility index (Phi) is 3.33. The second-order valence-electron chi connectivity index (χ2n) is 3.84. The van der Waals surface area contributed by atoms with E-state index >= 15 is 0 Å². The van der Waals surface area contributed by atoms with Crippen molar-refractivity contribution < 1.29 is 14.3 Å². The molecule has 0 spiro atoms. The molecule has 0 saturated carbocycles. The number of carbonyl (C=O) groups excluding carboxylic acids is 2. The monoisotopic (exact) mass is 253 g/mol. The number of amides is 2. The van der Waals surface area contributed by atoms with E-state index < -0.39 is 5.38 Å². The van der Waals surface area contributed by atoms with Crippen molar-refractivity contribution in [3.8, 4) is 5.75 Å². The van der Waals surface area contributed by atoms with E-state index in [4.69, 9.17) is 16.3 Å². The molecule has 1 unspecified atom stereocenters. The molecule has 1 heterocycles. The number of rotatable bonds is 3. The van der Waals surface area contributed by atoms with Gasteiger partial charge in [-0.15, -0.1) is 11.6 Å². The molecule has 0 N–H and O–H groups in total. The van der Waals surface area contributed by atoms with Gasteiger partial charge in [0.1, 0.15) is 11.1 Å². The molecule has 1 atom stereocenters. The van der Waals surface area contributed by atoms with Gasteiger partial charge in [0.05, 0.1) is 20.1 Å². The summed E-state index contributed by atoms with van der Waals surface area (Å²) in [4.78, 5) is 24.3. The van der Waals surface area contributed by atoms with Crippen LogP contribution in [0.15, 0.2) is 24.3 Å². The summed E-state index contributed by atoms with van der Waals surface area (Å²) in [5, 5.41) is -0.708. The fourth-order valence-electron chi connectivity index (χ4n) is 1.72. The normalized spacial score (nSPS) is 19.9. The van der Waals surface area contributed by atoms with Crippen molar-refractivity contribution in [3.05, 3.63) is 29.8 Å². The van der Waals surface area contributed by atoms with Gasteiger partial charge in [-0.25, -0.2) is 0 Å². The van der Waals surface area contributed by atoms with E-state index in [2.05, 4.69) is 0 Å². The van der Waals surface area contributed by atoms with Gasteiger partial charge in [-0.05, 0) is 17.7 Å². The molecular weight excluding hydrogens is 242 g/mol. The number of hydrogen-bond acceptors (Lipinski definition) is 3. The van der Waals surface area contributed by atoms with Crippen LogP contribution in [0.2, 0.25) is 0 Å². The second-order valence-corrected chi connectivity index (χ2v) is 4.36. The predicted molar refractivity (Wildman–Crippen MR) is 62.8 cm³/mol. The van der Waals surface area contributed by atoms with Crippen LogP contribution in [0, 0.1) is 0 Å². The van der Waals surface area contributed by atoms with E-state index in [1.54, 1.807) is 19.2 Å². The first-order valence-corrected chi connectivity index (χ1v) is 5.66. The Morgan fingerprint density at radius 1 is 1.35 bits per heavy atom. The molecule has 17 heavy (non-hydrogen) atoms. The highest BCUT2D eigenvalue weighted by atomic mass is 35.5. The standard InChI is InChI=1S/C12H12ClNO3/c1-17-9-4-2-8(3-5-9)7-14-11(15)6-10(13)12(14)16/h2-5,10H,6-7H2,1H3. The predicted octanol–water partition coefficient (Wildman–Crippen LogP) is 1.56. The number of halogens is 1. The minimum absolute atomic E-state index is 0.0938. The van der Waals surface area contributed by atoms with Gasteiger partial charge in [0, 0.05) is 0 Å². The Morgan fingerprint density at radius 3 is 2.47 bits per heavy atom. The number of ether oxygens (including phenoxy) is 1. The van der Waals surface area contributed by atoms with Gasteiger partial charge in [0.15, 0.2) is 0 Å². The minimum atomic E-state index is -0.708. The Balaban J connectivity index is 2.10. The summed E-state index contributed by atoms with van der Waals surface area (Å²) in [5.74, 6) is 0.210. The zero-order valence-corrected chi connectivity index (χ0v) is 10.1. The van der Waals surface area contributed by atoms with Crippen LogP contribution < -0.4 is 4.74 Å². The third-order valence-electron chi connectivity index (χ3n) is 2.69. The van der Waals surface area contributed by atoms with Crippen LogP contribution in [0.25, 0.3) is 0 Å². The van der Waals surface area contributed by atoms with Crippen LogP contribution >= 0.6 is 11.6 Å². The molecular formula is C12H12ClNO3. The number of benzene rings is 1. The highest BCUT2D eigenvalue weighted by molar-refractivity contribution is 6.35. The Morgan fingerprint density at radius 2 is 2.00 bits per heavy atom. The number of alkyl halides is 1. The van der Waals surface area contributed by atoms with Gasteiger partial charge in [-0.1, -0.05) is 12.1 Å². The van der Waals surface area contributed by atoms with E-state index in [9.17, 15) is 9.59 Å². The van der Waals surface area contributed by atoms with Gasteiger partial charge in [-0.2, -0.15) is 0 Å². The smallest absolute Gasteiger partial charge is 0.248 e. The lowest BCUT2D eigenvalue weighted by Gasteiger charge is -2.14. The SMILES string of the molecule is COc1ccc(CN2C(=O)CC(Cl)C2=O)cc1. The van der Waals surface area contributed by atoms with Gasteiger partial charge < -0.3 is 4.74 Å². The maximum Gasteiger partial charge on any atom is 0.248 e. The van der Waals surface area contributed by atoms with Crippen LogP contribution in [-0.2, 0) is 16.1 Å². The van der Waals surface area contributed by atoms with Crippen LogP contribution in [0.4, 0.5) is 0 Å². The fraction of sp³-hybridized carbons (Fsp3) is 0.333. The molecule has 5 heteroatoms. The molecule has 90 valence electrons. The van der Waals surface area contributed by atoms with Crippen LogP contribution in [0.1, 0.15) is 12.0 Å². The number of likely N-dealkylation sites (tertiary alicyclic amines) is 1. The molecule has 0 radical (unpaired) electrons. The molecule has 1 aliphatic heterocycles. The maximum atomic E-state index is 11.6. The zero-order chi connectivity index (χ0) is 12.4. The summed E-state index contributed by atoms with van der Waals surface area (Å²) in [6, 6.07) is 7.22. The molecule has 0 bridgehead atoms. The first-order chi connectivity index (χ1) is 8.11. The van der Waals surface area contributed by atoms with Crippen LogP contribution in [0.5, 0.6) is 5.75 Å². The van der Waals surface area contributed by atoms with Crippen LogP contribution in [-0.4, -0.2) is 29.2 Å². The lowest BCUT2D eigenvalue weighted by Crippen LogP contribution is -2.30. The number of carbonyl (C=O) groups is 2. The van der Waals surface area contributed by atoms with Gasteiger partial charge in [-0.3, -0.25) is 14.5 Å². The highest BCUT2D eigenvalue weighted by Crippen LogP contribution is 2.21. The van der Waals surface area contributed by atoms with E-state index in [1.165, 1.54) is 4.90 Å². The molecule has 1 aromatic rings. The molecule has 2 amide bonds. The van der Waals surface area contributed by atoms with Gasteiger partial charge in [0.2, 0.25) is 11.8 Å².